The molecule has 1 unspecified atom stereocenters. The molecule has 1 aromatic rings. The lowest BCUT2D eigenvalue weighted by atomic mass is 10.2. The van der Waals surface area contributed by atoms with E-state index in [9.17, 15) is 4.79 Å². The second kappa shape index (κ2) is 5.39. The van der Waals surface area contributed by atoms with Gasteiger partial charge in [-0.1, -0.05) is 18.5 Å². The fraction of sp³-hybridized carbons (Fsp3) is 0.300. The summed E-state index contributed by atoms with van der Waals surface area (Å²) < 4.78 is 0. The Balaban J connectivity index is 2.81. The predicted octanol–water partition coefficient (Wildman–Crippen LogP) is 2.63. The Kier molecular flexibility index (Phi) is 4.45. The molecule has 0 aromatic heterocycles. The first-order valence-electron chi connectivity index (χ1n) is 4.19. The molecular formula is C10H11ClO2S. The zero-order chi connectivity index (χ0) is 10.6. The summed E-state index contributed by atoms with van der Waals surface area (Å²) in [7, 11) is 0. The van der Waals surface area contributed by atoms with Gasteiger partial charge in [0.05, 0.1) is 11.6 Å². The molecule has 0 saturated carbocycles. The topological polar surface area (TPSA) is 37.3 Å². The Morgan fingerprint density at radius 3 is 2.86 bits per heavy atom. The van der Waals surface area contributed by atoms with Gasteiger partial charge in [0.25, 0.3) is 0 Å². The second-order valence-electron chi connectivity index (χ2n) is 2.91. The van der Waals surface area contributed by atoms with E-state index < -0.39 is 0 Å². The van der Waals surface area contributed by atoms with Crippen LogP contribution in [0, 0.1) is 0 Å². The van der Waals surface area contributed by atoms with Crippen molar-refractivity contribution in [3.63, 3.8) is 0 Å². The van der Waals surface area contributed by atoms with Gasteiger partial charge < -0.3 is 5.11 Å². The Bertz CT molecular complexity index is 328. The summed E-state index contributed by atoms with van der Waals surface area (Å²) in [5, 5.41) is 9.44. The molecule has 2 nitrogen and oxygen atoms in total. The fourth-order valence-electron chi connectivity index (χ4n) is 0.946. The van der Waals surface area contributed by atoms with Gasteiger partial charge in [-0.15, -0.1) is 11.8 Å². The van der Waals surface area contributed by atoms with Crippen molar-refractivity contribution in [1.29, 1.82) is 0 Å². The third-order valence-corrected chi connectivity index (χ3v) is 3.10. The van der Waals surface area contributed by atoms with Crippen molar-refractivity contribution < 1.29 is 9.90 Å². The minimum absolute atomic E-state index is 0.123. The lowest BCUT2D eigenvalue weighted by Gasteiger charge is -2.07. The second-order valence-corrected chi connectivity index (χ2v) is 4.83. The molecule has 0 aliphatic rings. The minimum atomic E-state index is 0.123. The molecule has 0 spiro atoms. The first-order valence-corrected chi connectivity index (χ1v) is 5.45. The molecule has 0 fully saturated rings. The molecule has 0 aliphatic carbocycles. The summed E-state index contributed by atoms with van der Waals surface area (Å²) in [6.07, 6.45) is 0.728. The third kappa shape index (κ3) is 3.01. The number of aliphatic hydroxyl groups excluding tert-OH is 1. The van der Waals surface area contributed by atoms with Crippen molar-refractivity contribution in [1.82, 2.24) is 0 Å². The van der Waals surface area contributed by atoms with Crippen molar-refractivity contribution in [2.75, 3.05) is 6.61 Å². The normalized spacial score (nSPS) is 12.5. The maximum absolute atomic E-state index is 10.5. The fourth-order valence-corrected chi connectivity index (χ4v) is 2.11. The smallest absolute Gasteiger partial charge is 0.151 e. The van der Waals surface area contributed by atoms with E-state index in [1.807, 2.05) is 13.0 Å². The highest BCUT2D eigenvalue weighted by Crippen LogP contribution is 2.27. The highest BCUT2D eigenvalue weighted by atomic mass is 35.5. The van der Waals surface area contributed by atoms with Crippen LogP contribution in [0.1, 0.15) is 17.3 Å². The van der Waals surface area contributed by atoms with Crippen LogP contribution in [0.3, 0.4) is 0 Å². The SMILES string of the molecule is CC(CO)Sc1ccc(C=O)c(Cl)c1. The van der Waals surface area contributed by atoms with Gasteiger partial charge in [0.15, 0.2) is 6.29 Å². The van der Waals surface area contributed by atoms with E-state index in [1.165, 1.54) is 11.8 Å². The zero-order valence-electron chi connectivity index (χ0n) is 7.74. The molecule has 0 amide bonds. The average molecular weight is 231 g/mol. The lowest BCUT2D eigenvalue weighted by Crippen LogP contribution is -2.01. The van der Waals surface area contributed by atoms with Crippen molar-refractivity contribution in [3.05, 3.63) is 28.8 Å². The van der Waals surface area contributed by atoms with Crippen LogP contribution in [0.15, 0.2) is 23.1 Å². The number of hydrogen-bond acceptors (Lipinski definition) is 3. The summed E-state index contributed by atoms with van der Waals surface area (Å²) in [6.45, 7) is 2.05. The molecule has 76 valence electrons. The molecule has 0 bridgehead atoms. The summed E-state index contributed by atoms with van der Waals surface area (Å²) in [6, 6.07) is 5.25. The molecule has 1 aromatic carbocycles. The molecule has 0 aliphatic heterocycles. The summed E-state index contributed by atoms with van der Waals surface area (Å²) in [5.74, 6) is 0. The maximum atomic E-state index is 10.5. The monoisotopic (exact) mass is 230 g/mol. The van der Waals surface area contributed by atoms with Crippen LogP contribution in [0.5, 0.6) is 0 Å². The van der Waals surface area contributed by atoms with Crippen LogP contribution in [-0.2, 0) is 0 Å². The van der Waals surface area contributed by atoms with Crippen LogP contribution in [0.2, 0.25) is 5.02 Å². The summed E-state index contributed by atoms with van der Waals surface area (Å²) >= 11 is 7.38. The third-order valence-electron chi connectivity index (χ3n) is 1.69. The van der Waals surface area contributed by atoms with Crippen molar-refractivity contribution >= 4 is 29.6 Å². The van der Waals surface area contributed by atoms with E-state index in [2.05, 4.69) is 0 Å². The number of rotatable bonds is 4. The first-order chi connectivity index (χ1) is 6.67. The maximum Gasteiger partial charge on any atom is 0.151 e. The standard InChI is InChI=1S/C10H11ClO2S/c1-7(5-12)14-9-3-2-8(6-13)10(11)4-9/h2-4,6-7,12H,5H2,1H3. The number of hydrogen-bond donors (Lipinski definition) is 1. The van der Waals surface area contributed by atoms with E-state index >= 15 is 0 Å². The van der Waals surface area contributed by atoms with E-state index in [1.54, 1.807) is 12.1 Å². The highest BCUT2D eigenvalue weighted by molar-refractivity contribution is 8.00. The van der Waals surface area contributed by atoms with Crippen molar-refractivity contribution in [2.24, 2.45) is 0 Å². The Labute approximate surface area is 92.3 Å². The molecule has 1 rings (SSSR count). The first kappa shape index (κ1) is 11.6. The number of thioether (sulfide) groups is 1. The number of carbonyl (C=O) groups excluding carboxylic acids is 1. The summed E-state index contributed by atoms with van der Waals surface area (Å²) in [5.41, 5.74) is 0.493. The Hall–Kier alpha value is -0.510. The largest absolute Gasteiger partial charge is 0.395 e. The van der Waals surface area contributed by atoms with Gasteiger partial charge in [-0.25, -0.2) is 0 Å². The number of aliphatic hydroxyl groups is 1. The molecule has 0 heterocycles. The van der Waals surface area contributed by atoms with Crippen LogP contribution < -0.4 is 0 Å². The molecule has 0 radical (unpaired) electrons. The van der Waals surface area contributed by atoms with Crippen LogP contribution >= 0.6 is 23.4 Å². The molecule has 1 atom stereocenters. The van der Waals surface area contributed by atoms with Gasteiger partial charge >= 0.3 is 0 Å². The highest BCUT2D eigenvalue weighted by Gasteiger charge is 2.05. The minimum Gasteiger partial charge on any atom is -0.395 e. The molecule has 14 heavy (non-hydrogen) atoms. The van der Waals surface area contributed by atoms with Gasteiger partial charge in [0.1, 0.15) is 0 Å². The van der Waals surface area contributed by atoms with Crippen molar-refractivity contribution in [3.8, 4) is 0 Å². The van der Waals surface area contributed by atoms with Gasteiger partial charge in [-0.3, -0.25) is 4.79 Å². The van der Waals surface area contributed by atoms with Crippen LogP contribution in [0.4, 0.5) is 0 Å². The van der Waals surface area contributed by atoms with Crippen LogP contribution in [0.25, 0.3) is 0 Å². The summed E-state index contributed by atoms with van der Waals surface area (Å²) in [4.78, 5) is 11.4. The van der Waals surface area contributed by atoms with E-state index in [0.717, 1.165) is 11.2 Å². The predicted molar refractivity (Wildman–Crippen MR) is 59.2 cm³/mol. The molecule has 4 heteroatoms. The van der Waals surface area contributed by atoms with E-state index in [0.29, 0.717) is 10.6 Å². The van der Waals surface area contributed by atoms with Gasteiger partial charge in [-0.05, 0) is 18.2 Å². The lowest BCUT2D eigenvalue weighted by molar-refractivity contribution is 0.112. The molecule has 1 N–H and O–H groups in total. The van der Waals surface area contributed by atoms with Gasteiger partial charge in [-0.2, -0.15) is 0 Å². The average Bonchev–Trinajstić information content (AvgIpc) is 2.18. The number of halogens is 1. The van der Waals surface area contributed by atoms with Gasteiger partial charge in [0, 0.05) is 15.7 Å². The quantitative estimate of drug-likeness (QED) is 0.638. The van der Waals surface area contributed by atoms with E-state index in [4.69, 9.17) is 16.7 Å². The number of aldehydes is 1. The molecular weight excluding hydrogens is 220 g/mol. The van der Waals surface area contributed by atoms with Crippen molar-refractivity contribution in [2.45, 2.75) is 17.1 Å². The Morgan fingerprint density at radius 2 is 2.36 bits per heavy atom. The Morgan fingerprint density at radius 1 is 1.64 bits per heavy atom. The number of benzene rings is 1. The number of carbonyl (C=O) groups is 1. The van der Waals surface area contributed by atoms with Crippen LogP contribution in [-0.4, -0.2) is 23.2 Å². The van der Waals surface area contributed by atoms with Gasteiger partial charge in [0.2, 0.25) is 0 Å². The molecule has 0 saturated heterocycles. The van der Waals surface area contributed by atoms with E-state index in [-0.39, 0.29) is 11.9 Å². The zero-order valence-corrected chi connectivity index (χ0v) is 9.31.